The zero-order chi connectivity index (χ0) is 16.4. The Balaban J connectivity index is 1.87. The first kappa shape index (κ1) is 16.7. The van der Waals surface area contributed by atoms with Gasteiger partial charge in [0, 0.05) is 5.92 Å². The second-order valence-corrected chi connectivity index (χ2v) is 8.28. The highest BCUT2D eigenvalue weighted by Gasteiger charge is 2.45. The van der Waals surface area contributed by atoms with Crippen LogP contribution in [0.25, 0.3) is 0 Å². The quantitative estimate of drug-likeness (QED) is 0.678. The molecule has 0 bridgehead atoms. The summed E-state index contributed by atoms with van der Waals surface area (Å²) in [5.74, 6) is 1.87. The maximum absolute atomic E-state index is 3.95. The Morgan fingerprint density at radius 2 is 1.48 bits per heavy atom. The Bertz CT molecular complexity index is 527. The van der Waals surface area contributed by atoms with E-state index in [1.165, 1.54) is 61.9 Å². The highest BCUT2D eigenvalue weighted by molar-refractivity contribution is 5.77. The molecule has 1 aliphatic heterocycles. The number of hydrogen-bond acceptors (Lipinski definition) is 2. The topological polar surface area (TPSA) is 24.1 Å². The average Bonchev–Trinajstić information content (AvgIpc) is 2.86. The van der Waals surface area contributed by atoms with E-state index in [1.54, 1.807) is 0 Å². The lowest BCUT2D eigenvalue weighted by Gasteiger charge is -2.43. The SMILES string of the molecule is CC(C)c1ccc2c(c1)NC(C(C)C)(C1CCCCCCC1)N2. The maximum Gasteiger partial charge on any atom is 0.113 e. The van der Waals surface area contributed by atoms with Crippen LogP contribution in [0.5, 0.6) is 0 Å². The Kier molecular flexibility index (Phi) is 4.89. The molecular weight excluding hydrogens is 280 g/mol. The minimum atomic E-state index is 0.0370. The summed E-state index contributed by atoms with van der Waals surface area (Å²) >= 11 is 0. The first-order valence-electron chi connectivity index (χ1n) is 9.73. The van der Waals surface area contributed by atoms with Gasteiger partial charge in [-0.2, -0.15) is 0 Å². The van der Waals surface area contributed by atoms with Gasteiger partial charge in [-0.05, 0) is 42.4 Å². The van der Waals surface area contributed by atoms with E-state index in [2.05, 4.69) is 56.5 Å². The van der Waals surface area contributed by atoms with Gasteiger partial charge < -0.3 is 10.6 Å². The second kappa shape index (κ2) is 6.75. The van der Waals surface area contributed by atoms with Crippen molar-refractivity contribution in [3.8, 4) is 0 Å². The van der Waals surface area contributed by atoms with Gasteiger partial charge in [0.25, 0.3) is 0 Å². The van der Waals surface area contributed by atoms with E-state index in [9.17, 15) is 0 Å². The fourth-order valence-electron chi connectivity index (χ4n) is 4.49. The van der Waals surface area contributed by atoms with Crippen LogP contribution in [-0.2, 0) is 0 Å². The van der Waals surface area contributed by atoms with Crippen LogP contribution in [0, 0.1) is 11.8 Å². The van der Waals surface area contributed by atoms with Gasteiger partial charge in [-0.3, -0.25) is 0 Å². The molecule has 0 spiro atoms. The summed E-state index contributed by atoms with van der Waals surface area (Å²) in [4.78, 5) is 0. The molecule has 1 fully saturated rings. The van der Waals surface area contributed by atoms with Gasteiger partial charge in [-0.25, -0.2) is 0 Å². The van der Waals surface area contributed by atoms with Gasteiger partial charge in [0.15, 0.2) is 0 Å². The number of anilines is 2. The van der Waals surface area contributed by atoms with Crippen LogP contribution in [0.2, 0.25) is 0 Å². The molecule has 1 aliphatic carbocycles. The Labute approximate surface area is 142 Å². The summed E-state index contributed by atoms with van der Waals surface area (Å²) in [6, 6.07) is 6.93. The summed E-state index contributed by atoms with van der Waals surface area (Å²) in [6.07, 6.45) is 9.73. The predicted molar refractivity (Wildman–Crippen MR) is 101 cm³/mol. The second-order valence-electron chi connectivity index (χ2n) is 8.28. The predicted octanol–water partition coefficient (Wildman–Crippen LogP) is 6.36. The molecule has 23 heavy (non-hydrogen) atoms. The van der Waals surface area contributed by atoms with Crippen molar-refractivity contribution in [3.05, 3.63) is 23.8 Å². The molecule has 2 aliphatic rings. The standard InChI is InChI=1S/C21H34N2/c1-15(2)17-12-13-19-20(14-17)23-21(22-19,16(3)4)18-10-8-6-5-7-9-11-18/h12-16,18,22-23H,5-11H2,1-4H3. The Morgan fingerprint density at radius 3 is 2.09 bits per heavy atom. The summed E-state index contributed by atoms with van der Waals surface area (Å²) < 4.78 is 0. The molecule has 0 amide bonds. The Morgan fingerprint density at radius 1 is 0.870 bits per heavy atom. The smallest absolute Gasteiger partial charge is 0.113 e. The summed E-state index contributed by atoms with van der Waals surface area (Å²) in [7, 11) is 0. The molecule has 3 rings (SSSR count). The van der Waals surface area contributed by atoms with Crippen LogP contribution in [0.15, 0.2) is 18.2 Å². The highest BCUT2D eigenvalue weighted by Crippen LogP contribution is 2.46. The van der Waals surface area contributed by atoms with Gasteiger partial charge in [-0.15, -0.1) is 0 Å². The van der Waals surface area contributed by atoms with Crippen LogP contribution < -0.4 is 10.6 Å². The number of fused-ring (bicyclic) bond motifs is 1. The molecule has 2 heteroatoms. The van der Waals surface area contributed by atoms with E-state index >= 15 is 0 Å². The summed E-state index contributed by atoms with van der Waals surface area (Å²) in [5, 5.41) is 7.87. The van der Waals surface area contributed by atoms with Crippen molar-refractivity contribution < 1.29 is 0 Å². The van der Waals surface area contributed by atoms with Crippen molar-refractivity contribution >= 4 is 11.4 Å². The lowest BCUT2D eigenvalue weighted by Crippen LogP contribution is -2.53. The van der Waals surface area contributed by atoms with Crippen LogP contribution in [0.1, 0.15) is 84.1 Å². The molecular formula is C21H34N2. The normalized spacial score (nSPS) is 25.7. The first-order valence-corrected chi connectivity index (χ1v) is 9.73. The largest absolute Gasteiger partial charge is 0.361 e. The van der Waals surface area contributed by atoms with E-state index in [0.29, 0.717) is 11.8 Å². The van der Waals surface area contributed by atoms with Gasteiger partial charge in [0.05, 0.1) is 11.4 Å². The molecule has 0 radical (unpaired) electrons. The third kappa shape index (κ3) is 3.22. The van der Waals surface area contributed by atoms with Crippen LogP contribution in [0.3, 0.4) is 0 Å². The van der Waals surface area contributed by atoms with Crippen molar-refractivity contribution in [1.29, 1.82) is 0 Å². The van der Waals surface area contributed by atoms with Crippen LogP contribution >= 0.6 is 0 Å². The zero-order valence-electron chi connectivity index (χ0n) is 15.4. The molecule has 1 atom stereocenters. The van der Waals surface area contributed by atoms with Crippen molar-refractivity contribution in [1.82, 2.24) is 0 Å². The average molecular weight is 315 g/mol. The molecule has 128 valence electrons. The van der Waals surface area contributed by atoms with Gasteiger partial charge in [-0.1, -0.05) is 65.9 Å². The number of hydrogen-bond donors (Lipinski definition) is 2. The van der Waals surface area contributed by atoms with E-state index in [1.807, 2.05) is 0 Å². The summed E-state index contributed by atoms with van der Waals surface area (Å²) in [6.45, 7) is 9.28. The monoisotopic (exact) mass is 314 g/mol. The molecule has 1 aromatic carbocycles. The molecule has 2 N–H and O–H groups in total. The van der Waals surface area contributed by atoms with E-state index in [-0.39, 0.29) is 5.66 Å². The van der Waals surface area contributed by atoms with E-state index in [0.717, 1.165) is 5.92 Å². The van der Waals surface area contributed by atoms with E-state index < -0.39 is 0 Å². The van der Waals surface area contributed by atoms with Gasteiger partial charge >= 0.3 is 0 Å². The number of benzene rings is 1. The van der Waals surface area contributed by atoms with Crippen LogP contribution in [0.4, 0.5) is 11.4 Å². The lowest BCUT2D eigenvalue weighted by atomic mass is 9.76. The molecule has 1 aromatic rings. The van der Waals surface area contributed by atoms with Crippen molar-refractivity contribution in [2.24, 2.45) is 11.8 Å². The minimum absolute atomic E-state index is 0.0370. The molecule has 1 saturated carbocycles. The van der Waals surface area contributed by atoms with Gasteiger partial charge in [0.2, 0.25) is 0 Å². The van der Waals surface area contributed by atoms with Crippen molar-refractivity contribution in [3.63, 3.8) is 0 Å². The molecule has 2 nitrogen and oxygen atoms in total. The molecule has 1 heterocycles. The fraction of sp³-hybridized carbons (Fsp3) is 0.714. The number of rotatable bonds is 3. The molecule has 0 aromatic heterocycles. The van der Waals surface area contributed by atoms with Gasteiger partial charge in [0.1, 0.15) is 5.66 Å². The highest BCUT2D eigenvalue weighted by atomic mass is 15.3. The Hall–Kier alpha value is -1.18. The zero-order valence-corrected chi connectivity index (χ0v) is 15.4. The van der Waals surface area contributed by atoms with Crippen molar-refractivity contribution in [2.75, 3.05) is 10.6 Å². The van der Waals surface area contributed by atoms with E-state index in [4.69, 9.17) is 0 Å². The molecule has 0 saturated heterocycles. The first-order chi connectivity index (χ1) is 11.0. The number of nitrogens with one attached hydrogen (secondary N) is 2. The minimum Gasteiger partial charge on any atom is -0.361 e. The maximum atomic E-state index is 3.95. The molecule has 1 unspecified atom stereocenters. The van der Waals surface area contributed by atoms with Crippen LogP contribution in [-0.4, -0.2) is 5.66 Å². The fourth-order valence-corrected chi connectivity index (χ4v) is 4.49. The lowest BCUT2D eigenvalue weighted by molar-refractivity contribution is 0.216. The third-order valence-corrected chi connectivity index (χ3v) is 6.05. The summed E-state index contributed by atoms with van der Waals surface area (Å²) in [5.41, 5.74) is 4.07. The third-order valence-electron chi connectivity index (χ3n) is 6.05. The van der Waals surface area contributed by atoms with Crippen molar-refractivity contribution in [2.45, 2.75) is 84.2 Å².